The van der Waals surface area contributed by atoms with Crippen LogP contribution in [0.25, 0.3) is 0 Å². The van der Waals surface area contributed by atoms with E-state index >= 15 is 0 Å². The normalized spacial score (nSPS) is 12.3. The van der Waals surface area contributed by atoms with Gasteiger partial charge in [0, 0.05) is 6.61 Å². The lowest BCUT2D eigenvalue weighted by Gasteiger charge is -2.07. The number of unbranched alkanes of at least 4 members (excludes halogenated alkanes) is 5. The molecule has 1 unspecified atom stereocenters. The predicted molar refractivity (Wildman–Crippen MR) is 60.4 cm³/mol. The molecule has 0 aliphatic heterocycles. The van der Waals surface area contributed by atoms with E-state index in [1.807, 2.05) is 6.07 Å². The standard InChI is InChI=1S/C12H23NO2/c1-2-3-4-5-6-7-10-15-11-12(14)8-9-13/h12,14H,2-8,10-11H2,1H3. The van der Waals surface area contributed by atoms with E-state index in [-0.39, 0.29) is 6.42 Å². The van der Waals surface area contributed by atoms with Gasteiger partial charge in [0.1, 0.15) is 0 Å². The zero-order valence-corrected chi connectivity index (χ0v) is 9.74. The smallest absolute Gasteiger partial charge is 0.0903 e. The van der Waals surface area contributed by atoms with Crippen LogP contribution in [0.2, 0.25) is 0 Å². The summed E-state index contributed by atoms with van der Waals surface area (Å²) in [5.41, 5.74) is 0. The molecule has 0 aliphatic rings. The Bertz CT molecular complexity index is 165. The third-order valence-corrected chi connectivity index (χ3v) is 2.28. The van der Waals surface area contributed by atoms with Crippen LogP contribution in [0.1, 0.15) is 51.9 Å². The number of hydrogen-bond donors (Lipinski definition) is 1. The summed E-state index contributed by atoms with van der Waals surface area (Å²) < 4.78 is 5.25. The van der Waals surface area contributed by atoms with Crippen molar-refractivity contribution in [3.63, 3.8) is 0 Å². The van der Waals surface area contributed by atoms with E-state index in [9.17, 15) is 5.11 Å². The van der Waals surface area contributed by atoms with Crippen molar-refractivity contribution in [1.82, 2.24) is 0 Å². The fourth-order valence-corrected chi connectivity index (χ4v) is 1.37. The molecular weight excluding hydrogens is 190 g/mol. The first-order valence-electron chi connectivity index (χ1n) is 5.94. The molecule has 0 fully saturated rings. The molecule has 0 aliphatic carbocycles. The highest BCUT2D eigenvalue weighted by molar-refractivity contribution is 4.74. The molecule has 0 heterocycles. The van der Waals surface area contributed by atoms with Gasteiger partial charge in [0.15, 0.2) is 0 Å². The Labute approximate surface area is 93.1 Å². The van der Waals surface area contributed by atoms with Crippen LogP contribution < -0.4 is 0 Å². The van der Waals surface area contributed by atoms with E-state index in [1.54, 1.807) is 0 Å². The number of hydrogen-bond acceptors (Lipinski definition) is 3. The van der Waals surface area contributed by atoms with Gasteiger partial charge in [-0.3, -0.25) is 0 Å². The zero-order valence-electron chi connectivity index (χ0n) is 9.74. The molecule has 0 radical (unpaired) electrons. The topological polar surface area (TPSA) is 53.2 Å². The van der Waals surface area contributed by atoms with E-state index < -0.39 is 6.10 Å². The molecular formula is C12H23NO2. The maximum atomic E-state index is 9.17. The first-order valence-corrected chi connectivity index (χ1v) is 5.94. The van der Waals surface area contributed by atoms with Crippen molar-refractivity contribution in [3.8, 4) is 6.07 Å². The van der Waals surface area contributed by atoms with Gasteiger partial charge in [-0.2, -0.15) is 5.26 Å². The summed E-state index contributed by atoms with van der Waals surface area (Å²) in [5, 5.41) is 17.5. The van der Waals surface area contributed by atoms with E-state index in [0.717, 1.165) is 6.42 Å². The minimum absolute atomic E-state index is 0.163. The molecule has 0 bridgehead atoms. The highest BCUT2D eigenvalue weighted by Crippen LogP contribution is 2.05. The SMILES string of the molecule is CCCCCCCCOCC(O)CC#N. The summed E-state index contributed by atoms with van der Waals surface area (Å²) in [6, 6.07) is 1.91. The summed E-state index contributed by atoms with van der Waals surface area (Å²) in [7, 11) is 0. The lowest BCUT2D eigenvalue weighted by molar-refractivity contribution is 0.0376. The van der Waals surface area contributed by atoms with Crippen molar-refractivity contribution < 1.29 is 9.84 Å². The van der Waals surface area contributed by atoms with Gasteiger partial charge in [-0.1, -0.05) is 39.0 Å². The molecule has 1 atom stereocenters. The second-order valence-electron chi connectivity index (χ2n) is 3.86. The number of rotatable bonds is 10. The van der Waals surface area contributed by atoms with Crippen LogP contribution in [0.15, 0.2) is 0 Å². The van der Waals surface area contributed by atoms with Crippen molar-refractivity contribution in [2.24, 2.45) is 0 Å². The maximum absolute atomic E-state index is 9.17. The number of aliphatic hydroxyl groups is 1. The van der Waals surface area contributed by atoms with E-state index in [4.69, 9.17) is 10.00 Å². The molecule has 0 aromatic carbocycles. The van der Waals surface area contributed by atoms with E-state index in [0.29, 0.717) is 13.2 Å². The minimum atomic E-state index is -0.616. The molecule has 0 aromatic rings. The van der Waals surface area contributed by atoms with E-state index in [1.165, 1.54) is 32.1 Å². The average molecular weight is 213 g/mol. The number of nitriles is 1. The summed E-state index contributed by atoms with van der Waals surface area (Å²) in [6.45, 7) is 3.21. The Kier molecular flexibility index (Phi) is 11.0. The second-order valence-corrected chi connectivity index (χ2v) is 3.86. The Balaban J connectivity index is 3.02. The molecule has 0 rings (SSSR count). The van der Waals surface area contributed by atoms with Crippen LogP contribution in [-0.2, 0) is 4.74 Å². The lowest BCUT2D eigenvalue weighted by atomic mass is 10.1. The van der Waals surface area contributed by atoms with Gasteiger partial charge in [0.05, 0.1) is 25.2 Å². The first-order chi connectivity index (χ1) is 7.31. The highest BCUT2D eigenvalue weighted by Gasteiger charge is 2.01. The van der Waals surface area contributed by atoms with Crippen molar-refractivity contribution in [2.45, 2.75) is 58.0 Å². The molecule has 0 saturated carbocycles. The minimum Gasteiger partial charge on any atom is -0.390 e. The molecule has 3 heteroatoms. The van der Waals surface area contributed by atoms with E-state index in [2.05, 4.69) is 6.92 Å². The molecule has 0 aromatic heterocycles. The highest BCUT2D eigenvalue weighted by atomic mass is 16.5. The fourth-order valence-electron chi connectivity index (χ4n) is 1.37. The summed E-state index contributed by atoms with van der Waals surface area (Å²) in [4.78, 5) is 0. The van der Waals surface area contributed by atoms with Crippen LogP contribution in [0.3, 0.4) is 0 Å². The molecule has 88 valence electrons. The molecule has 3 nitrogen and oxygen atoms in total. The van der Waals surface area contributed by atoms with Gasteiger partial charge in [-0.15, -0.1) is 0 Å². The van der Waals surface area contributed by atoms with Gasteiger partial charge in [0.25, 0.3) is 0 Å². The van der Waals surface area contributed by atoms with Crippen LogP contribution >= 0.6 is 0 Å². The predicted octanol–water partition coefficient (Wildman–Crippen LogP) is 2.64. The fraction of sp³-hybridized carbons (Fsp3) is 0.917. The molecule has 0 saturated heterocycles. The van der Waals surface area contributed by atoms with Gasteiger partial charge >= 0.3 is 0 Å². The van der Waals surface area contributed by atoms with Gasteiger partial charge in [0.2, 0.25) is 0 Å². The summed E-state index contributed by atoms with van der Waals surface area (Å²) in [5.74, 6) is 0. The molecule has 1 N–H and O–H groups in total. The largest absolute Gasteiger partial charge is 0.390 e. The van der Waals surface area contributed by atoms with Crippen molar-refractivity contribution in [3.05, 3.63) is 0 Å². The van der Waals surface area contributed by atoms with Crippen LogP contribution in [0, 0.1) is 11.3 Å². The quantitative estimate of drug-likeness (QED) is 0.567. The van der Waals surface area contributed by atoms with Crippen molar-refractivity contribution >= 4 is 0 Å². The third-order valence-electron chi connectivity index (χ3n) is 2.28. The average Bonchev–Trinajstić information content (AvgIpc) is 2.22. The summed E-state index contributed by atoms with van der Waals surface area (Å²) in [6.07, 6.45) is 6.99. The Morgan fingerprint density at radius 3 is 2.53 bits per heavy atom. The van der Waals surface area contributed by atoms with Crippen LogP contribution in [-0.4, -0.2) is 24.4 Å². The Morgan fingerprint density at radius 1 is 1.20 bits per heavy atom. The second kappa shape index (κ2) is 11.5. The Morgan fingerprint density at radius 2 is 1.87 bits per heavy atom. The van der Waals surface area contributed by atoms with Gasteiger partial charge in [-0.05, 0) is 6.42 Å². The lowest BCUT2D eigenvalue weighted by Crippen LogP contribution is -2.14. The Hall–Kier alpha value is -0.590. The zero-order chi connectivity index (χ0) is 11.4. The molecule has 0 amide bonds. The van der Waals surface area contributed by atoms with Gasteiger partial charge < -0.3 is 9.84 Å². The van der Waals surface area contributed by atoms with Crippen LogP contribution in [0.4, 0.5) is 0 Å². The monoisotopic (exact) mass is 213 g/mol. The van der Waals surface area contributed by atoms with Gasteiger partial charge in [-0.25, -0.2) is 0 Å². The molecule has 0 spiro atoms. The molecule has 15 heavy (non-hydrogen) atoms. The number of aliphatic hydroxyl groups excluding tert-OH is 1. The summed E-state index contributed by atoms with van der Waals surface area (Å²) >= 11 is 0. The third kappa shape index (κ3) is 11.3. The van der Waals surface area contributed by atoms with Crippen molar-refractivity contribution in [1.29, 1.82) is 5.26 Å². The number of ether oxygens (including phenoxy) is 1. The van der Waals surface area contributed by atoms with Crippen molar-refractivity contribution in [2.75, 3.05) is 13.2 Å². The van der Waals surface area contributed by atoms with Crippen LogP contribution in [0.5, 0.6) is 0 Å². The first kappa shape index (κ1) is 14.4. The maximum Gasteiger partial charge on any atom is 0.0903 e. The number of nitrogens with zero attached hydrogens (tertiary/aromatic N) is 1.